The van der Waals surface area contributed by atoms with Crippen LogP contribution < -0.4 is 0 Å². The predicted molar refractivity (Wildman–Crippen MR) is 112 cm³/mol. The summed E-state index contributed by atoms with van der Waals surface area (Å²) in [7, 11) is -3.95. The van der Waals surface area contributed by atoms with E-state index in [1.807, 2.05) is 36.4 Å². The third-order valence-corrected chi connectivity index (χ3v) is 7.71. The van der Waals surface area contributed by atoms with Crippen LogP contribution in [0, 0.1) is 5.92 Å². The van der Waals surface area contributed by atoms with Crippen molar-refractivity contribution in [3.05, 3.63) is 71.8 Å². The lowest BCUT2D eigenvalue weighted by Crippen LogP contribution is -2.37. The molecule has 7 nitrogen and oxygen atoms in total. The van der Waals surface area contributed by atoms with Gasteiger partial charge in [-0.15, -0.1) is 0 Å². The van der Waals surface area contributed by atoms with E-state index in [0.29, 0.717) is 19.4 Å². The van der Waals surface area contributed by atoms with Gasteiger partial charge in [-0.05, 0) is 30.4 Å². The normalized spacial score (nSPS) is 19.1. The first kappa shape index (κ1) is 22.1. The fourth-order valence-electron chi connectivity index (χ4n) is 3.75. The maximum Gasteiger partial charge on any atom is 0.410 e. The third-order valence-electron chi connectivity index (χ3n) is 5.28. The number of carboxylic acid groups (broad SMARTS) is 1. The van der Waals surface area contributed by atoms with Crippen LogP contribution in [0.5, 0.6) is 0 Å². The van der Waals surface area contributed by atoms with Crippen molar-refractivity contribution in [3.63, 3.8) is 0 Å². The minimum Gasteiger partial charge on any atom is -0.481 e. The molecule has 1 saturated heterocycles. The zero-order valence-electron chi connectivity index (χ0n) is 16.6. The Morgan fingerprint density at radius 2 is 1.67 bits per heavy atom. The largest absolute Gasteiger partial charge is 0.481 e. The number of rotatable bonds is 8. The smallest absolute Gasteiger partial charge is 0.410 e. The summed E-state index contributed by atoms with van der Waals surface area (Å²) in [5.41, 5.74) is 1.61. The number of amides is 1. The molecule has 0 radical (unpaired) electrons. The van der Waals surface area contributed by atoms with Crippen LogP contribution in [0.25, 0.3) is 0 Å². The molecule has 0 aromatic heterocycles. The maximum absolute atomic E-state index is 13.2. The summed E-state index contributed by atoms with van der Waals surface area (Å²) in [6, 6.07) is 18.2. The van der Waals surface area contributed by atoms with Crippen molar-refractivity contribution in [3.8, 4) is 0 Å². The van der Waals surface area contributed by atoms with Crippen LogP contribution in [0.2, 0.25) is 0 Å². The van der Waals surface area contributed by atoms with E-state index in [1.165, 1.54) is 4.90 Å². The van der Waals surface area contributed by atoms with Crippen molar-refractivity contribution in [1.82, 2.24) is 4.90 Å². The predicted octanol–water partition coefficient (Wildman–Crippen LogP) is 3.96. The quantitative estimate of drug-likeness (QED) is 0.613. The zero-order valence-corrected chi connectivity index (χ0v) is 17.5. The monoisotopic (exact) mass is 431 g/mol. The van der Waals surface area contributed by atoms with E-state index in [-0.39, 0.29) is 19.2 Å². The molecule has 160 valence electrons. The van der Waals surface area contributed by atoms with Crippen molar-refractivity contribution in [1.29, 1.82) is 0 Å². The lowest BCUT2D eigenvalue weighted by molar-refractivity contribution is -0.141. The number of ether oxygens (including phenoxy) is 1. The lowest BCUT2D eigenvalue weighted by Gasteiger charge is -2.29. The van der Waals surface area contributed by atoms with Gasteiger partial charge in [-0.3, -0.25) is 14.3 Å². The molecule has 3 rings (SSSR count). The molecule has 1 aliphatic heterocycles. The van der Waals surface area contributed by atoms with E-state index in [4.69, 9.17) is 4.74 Å². The number of nitrogens with zero attached hydrogens (tertiary/aromatic N) is 1. The number of carbonyl (C=O) groups excluding carboxylic acids is 1. The molecule has 2 N–H and O–H groups in total. The summed E-state index contributed by atoms with van der Waals surface area (Å²) in [4.78, 5) is 36.3. The molecular formula is C22H26NO6P. The van der Waals surface area contributed by atoms with Crippen molar-refractivity contribution in [2.24, 2.45) is 5.92 Å². The number of aliphatic carboxylic acids is 1. The van der Waals surface area contributed by atoms with Gasteiger partial charge in [0.05, 0.1) is 5.92 Å². The summed E-state index contributed by atoms with van der Waals surface area (Å²) in [5.74, 6) is -3.05. The molecule has 2 aromatic rings. The van der Waals surface area contributed by atoms with Crippen LogP contribution >= 0.6 is 7.37 Å². The molecule has 1 heterocycles. The van der Waals surface area contributed by atoms with E-state index in [1.54, 1.807) is 24.3 Å². The summed E-state index contributed by atoms with van der Waals surface area (Å²) >= 11 is 0. The average molecular weight is 431 g/mol. The highest BCUT2D eigenvalue weighted by Crippen LogP contribution is 2.53. The molecule has 0 spiro atoms. The van der Waals surface area contributed by atoms with Gasteiger partial charge in [-0.1, -0.05) is 60.7 Å². The average Bonchev–Trinajstić information content (AvgIpc) is 3.24. The van der Waals surface area contributed by atoms with Crippen LogP contribution in [0.3, 0.4) is 0 Å². The van der Waals surface area contributed by atoms with Gasteiger partial charge in [-0.25, -0.2) is 4.79 Å². The Labute approximate surface area is 175 Å². The Bertz CT molecular complexity index is 904. The number of carboxylic acids is 1. The van der Waals surface area contributed by atoms with Crippen LogP contribution in [0.4, 0.5) is 4.79 Å². The van der Waals surface area contributed by atoms with Crippen LogP contribution in [-0.2, 0) is 27.1 Å². The van der Waals surface area contributed by atoms with Crippen molar-refractivity contribution in [2.75, 3.05) is 12.7 Å². The second kappa shape index (κ2) is 9.92. The highest BCUT2D eigenvalue weighted by Gasteiger charge is 2.44. The molecule has 0 bridgehead atoms. The Balaban J connectivity index is 1.66. The Kier molecular flexibility index (Phi) is 7.29. The standard InChI is InChI=1S/C22H26NO6P/c24-21(25)19(14-17-8-3-1-4-9-17)16-30(27,28)20-12-7-13-23(20)22(26)29-15-18-10-5-2-6-11-18/h1-6,8-11,19-20H,7,12-16H2,(H,24,25)(H,27,28)/t19-,20+/m1/s1. The van der Waals surface area contributed by atoms with E-state index >= 15 is 0 Å². The van der Waals surface area contributed by atoms with E-state index in [0.717, 1.165) is 11.1 Å². The maximum atomic E-state index is 13.2. The molecule has 1 unspecified atom stereocenters. The van der Waals surface area contributed by atoms with Crippen molar-refractivity contribution < 1.29 is 28.9 Å². The van der Waals surface area contributed by atoms with Gasteiger partial charge in [0, 0.05) is 12.7 Å². The molecule has 0 saturated carbocycles. The molecule has 3 atom stereocenters. The number of carbonyl (C=O) groups is 2. The fourth-order valence-corrected chi connectivity index (χ4v) is 6.14. The third kappa shape index (κ3) is 5.71. The molecule has 30 heavy (non-hydrogen) atoms. The van der Waals surface area contributed by atoms with Crippen LogP contribution in [0.15, 0.2) is 60.7 Å². The SMILES string of the molecule is O=C(O)[C@H](Cc1ccccc1)CP(=O)(O)[C@H]1CCCN1C(=O)OCc1ccccc1. The summed E-state index contributed by atoms with van der Waals surface area (Å²) in [6.45, 7) is 0.393. The summed E-state index contributed by atoms with van der Waals surface area (Å²) < 4.78 is 18.5. The van der Waals surface area contributed by atoms with Gasteiger partial charge in [0.2, 0.25) is 7.37 Å². The molecular weight excluding hydrogens is 405 g/mol. The van der Waals surface area contributed by atoms with Gasteiger partial charge < -0.3 is 14.7 Å². The first-order valence-electron chi connectivity index (χ1n) is 9.92. The first-order chi connectivity index (χ1) is 14.4. The van der Waals surface area contributed by atoms with Crippen LogP contribution in [-0.4, -0.2) is 45.5 Å². The van der Waals surface area contributed by atoms with E-state index in [9.17, 15) is 24.2 Å². The van der Waals surface area contributed by atoms with E-state index in [2.05, 4.69) is 0 Å². The molecule has 8 heteroatoms. The molecule has 2 aromatic carbocycles. The van der Waals surface area contributed by atoms with Crippen LogP contribution in [0.1, 0.15) is 24.0 Å². The minimum atomic E-state index is -3.95. The van der Waals surface area contributed by atoms with Crippen molar-refractivity contribution in [2.45, 2.75) is 31.7 Å². The van der Waals surface area contributed by atoms with Gasteiger partial charge >= 0.3 is 12.1 Å². The fraction of sp³-hybridized carbons (Fsp3) is 0.364. The summed E-state index contributed by atoms with van der Waals surface area (Å²) in [5, 5.41) is 9.59. The molecule has 1 aliphatic rings. The highest BCUT2D eigenvalue weighted by atomic mass is 31.2. The van der Waals surface area contributed by atoms with Gasteiger partial charge in [0.25, 0.3) is 0 Å². The zero-order chi connectivity index (χ0) is 21.6. The van der Waals surface area contributed by atoms with Crippen molar-refractivity contribution >= 4 is 19.4 Å². The second-order valence-electron chi connectivity index (χ2n) is 7.52. The number of hydrogen-bond acceptors (Lipinski definition) is 4. The second-order valence-corrected chi connectivity index (χ2v) is 9.99. The van der Waals surface area contributed by atoms with Gasteiger partial charge in [0.15, 0.2) is 0 Å². The van der Waals surface area contributed by atoms with Gasteiger partial charge in [-0.2, -0.15) is 0 Å². The highest BCUT2D eigenvalue weighted by molar-refractivity contribution is 7.58. The molecule has 1 fully saturated rings. The minimum absolute atomic E-state index is 0.0738. The van der Waals surface area contributed by atoms with Gasteiger partial charge in [0.1, 0.15) is 12.4 Å². The number of likely N-dealkylation sites (tertiary alicyclic amines) is 1. The van der Waals surface area contributed by atoms with E-state index < -0.39 is 31.1 Å². The number of benzene rings is 2. The Morgan fingerprint density at radius 3 is 2.27 bits per heavy atom. The lowest BCUT2D eigenvalue weighted by atomic mass is 10.0. The topological polar surface area (TPSA) is 104 Å². The number of hydrogen-bond donors (Lipinski definition) is 2. The summed E-state index contributed by atoms with van der Waals surface area (Å²) in [6.07, 6.45) is 0.0550. The molecule has 1 amide bonds. The molecule has 0 aliphatic carbocycles. The Morgan fingerprint density at radius 1 is 1.07 bits per heavy atom. The first-order valence-corrected chi connectivity index (χ1v) is 11.8. The Hall–Kier alpha value is -2.63.